The van der Waals surface area contributed by atoms with Crippen LogP contribution in [0.1, 0.15) is 46.1 Å². The van der Waals surface area contributed by atoms with E-state index in [4.69, 9.17) is 10.5 Å². The predicted molar refractivity (Wildman–Crippen MR) is 112 cm³/mol. The fourth-order valence-corrected chi connectivity index (χ4v) is 3.67. The quantitative estimate of drug-likeness (QED) is 0.753. The highest BCUT2D eigenvalue weighted by molar-refractivity contribution is 5.86. The van der Waals surface area contributed by atoms with E-state index in [-0.39, 0.29) is 17.8 Å². The second-order valence-corrected chi connectivity index (χ2v) is 8.40. The Morgan fingerprint density at radius 1 is 1.13 bits per heavy atom. The van der Waals surface area contributed by atoms with Gasteiger partial charge in [-0.05, 0) is 52.5 Å². The van der Waals surface area contributed by atoms with Crippen LogP contribution < -0.4 is 5.73 Å². The maximum absolute atomic E-state index is 12.8. The fourth-order valence-electron chi connectivity index (χ4n) is 3.67. The number of carbonyl (C=O) groups is 3. The molecule has 2 heterocycles. The topological polar surface area (TPSA) is 102 Å². The molecule has 8 nitrogen and oxygen atoms in total. The minimum atomic E-state index is -0.725. The smallest absolute Gasteiger partial charge is 0.405 e. The maximum atomic E-state index is 12.8. The van der Waals surface area contributed by atoms with E-state index in [2.05, 4.69) is 4.74 Å². The standard InChI is InChI=1S/C17H22N2O3.C5H11NO2/c1-2-22-17(21)15-9-11-18-10-8-14(16(20)19(15)18)12-13-6-4-3-5-7-13;1-5(2,3)8-4(6)7/h3-7,14-15H,2,8-12H2,1H3;1-3H3,(H2,6,7). The molecule has 0 aliphatic carbocycles. The number of benzene rings is 1. The molecule has 30 heavy (non-hydrogen) atoms. The van der Waals surface area contributed by atoms with Crippen molar-refractivity contribution in [2.45, 2.75) is 58.6 Å². The molecular weight excluding hydrogens is 386 g/mol. The molecule has 2 atom stereocenters. The van der Waals surface area contributed by atoms with E-state index in [0.717, 1.165) is 25.9 Å². The van der Waals surface area contributed by atoms with Crippen LogP contribution in [-0.4, -0.2) is 59.3 Å². The molecule has 8 heteroatoms. The molecule has 2 saturated heterocycles. The summed E-state index contributed by atoms with van der Waals surface area (Å²) in [5.74, 6) is -0.266. The monoisotopic (exact) mass is 419 g/mol. The minimum absolute atomic E-state index is 0.0475. The Balaban J connectivity index is 0.000000343. The van der Waals surface area contributed by atoms with Gasteiger partial charge in [-0.1, -0.05) is 30.3 Å². The number of primary amides is 1. The Kier molecular flexibility index (Phi) is 8.23. The maximum Gasteiger partial charge on any atom is 0.405 e. The minimum Gasteiger partial charge on any atom is -0.464 e. The number of hydrogen-bond donors (Lipinski definition) is 1. The van der Waals surface area contributed by atoms with Crippen molar-refractivity contribution in [3.63, 3.8) is 0 Å². The third-order valence-electron chi connectivity index (χ3n) is 4.86. The number of hydrogen-bond acceptors (Lipinski definition) is 6. The highest BCUT2D eigenvalue weighted by Crippen LogP contribution is 2.30. The molecule has 3 rings (SSSR count). The first-order chi connectivity index (χ1) is 14.1. The number of nitrogens with two attached hydrogens (primary N) is 1. The largest absolute Gasteiger partial charge is 0.464 e. The van der Waals surface area contributed by atoms with E-state index in [1.165, 1.54) is 5.56 Å². The van der Waals surface area contributed by atoms with Gasteiger partial charge in [-0.25, -0.2) is 14.6 Å². The van der Waals surface area contributed by atoms with Crippen molar-refractivity contribution >= 4 is 18.0 Å². The highest BCUT2D eigenvalue weighted by Gasteiger charge is 2.45. The molecule has 0 saturated carbocycles. The Bertz CT molecular complexity index is 732. The van der Waals surface area contributed by atoms with Gasteiger partial charge in [-0.15, -0.1) is 0 Å². The van der Waals surface area contributed by atoms with E-state index < -0.39 is 17.7 Å². The highest BCUT2D eigenvalue weighted by atomic mass is 16.6. The summed E-state index contributed by atoms with van der Waals surface area (Å²) in [5.41, 5.74) is 5.43. The Hall–Kier alpha value is -2.61. The van der Waals surface area contributed by atoms with Crippen molar-refractivity contribution in [3.8, 4) is 0 Å². The molecule has 0 aromatic heterocycles. The summed E-state index contributed by atoms with van der Waals surface area (Å²) >= 11 is 0. The number of carbonyl (C=O) groups excluding carboxylic acids is 3. The van der Waals surface area contributed by atoms with E-state index in [1.54, 1.807) is 32.7 Å². The van der Waals surface area contributed by atoms with Gasteiger partial charge in [0.1, 0.15) is 11.6 Å². The van der Waals surface area contributed by atoms with Crippen LogP contribution in [0.15, 0.2) is 30.3 Å². The molecule has 2 aliphatic heterocycles. The van der Waals surface area contributed by atoms with Crippen molar-refractivity contribution in [2.75, 3.05) is 19.7 Å². The van der Waals surface area contributed by atoms with Crippen molar-refractivity contribution in [1.29, 1.82) is 0 Å². The second-order valence-electron chi connectivity index (χ2n) is 8.40. The summed E-state index contributed by atoms with van der Waals surface area (Å²) < 4.78 is 9.69. The van der Waals surface area contributed by atoms with Crippen LogP contribution in [0.4, 0.5) is 4.79 Å². The molecular formula is C22H33N3O5. The zero-order chi connectivity index (χ0) is 22.3. The molecule has 2 amide bonds. The van der Waals surface area contributed by atoms with Crippen molar-refractivity contribution in [2.24, 2.45) is 11.7 Å². The summed E-state index contributed by atoms with van der Waals surface area (Å²) in [6.45, 7) is 9.02. The molecule has 2 fully saturated rings. The lowest BCUT2D eigenvalue weighted by Crippen LogP contribution is -2.55. The number of amides is 2. The number of fused-ring (bicyclic) bond motifs is 1. The van der Waals surface area contributed by atoms with Gasteiger partial charge in [0.15, 0.2) is 0 Å². The van der Waals surface area contributed by atoms with Crippen molar-refractivity contribution < 1.29 is 23.9 Å². The number of rotatable bonds is 4. The summed E-state index contributed by atoms with van der Waals surface area (Å²) in [6.07, 6.45) is 1.53. The van der Waals surface area contributed by atoms with Crippen LogP contribution in [0.2, 0.25) is 0 Å². The summed E-state index contributed by atoms with van der Waals surface area (Å²) in [7, 11) is 0. The number of nitrogens with zero attached hydrogens (tertiary/aromatic N) is 2. The van der Waals surface area contributed by atoms with Crippen molar-refractivity contribution in [1.82, 2.24) is 10.0 Å². The van der Waals surface area contributed by atoms with Gasteiger partial charge in [0.25, 0.3) is 0 Å². The second kappa shape index (κ2) is 10.4. The van der Waals surface area contributed by atoms with E-state index in [9.17, 15) is 14.4 Å². The fraction of sp³-hybridized carbons (Fsp3) is 0.591. The zero-order valence-corrected chi connectivity index (χ0v) is 18.3. The lowest BCUT2D eigenvalue weighted by atomic mass is 9.93. The first-order valence-electron chi connectivity index (χ1n) is 10.4. The van der Waals surface area contributed by atoms with E-state index >= 15 is 0 Å². The Morgan fingerprint density at radius 3 is 2.30 bits per heavy atom. The summed E-state index contributed by atoms with van der Waals surface area (Å²) in [5, 5.41) is 3.67. The molecule has 1 aromatic carbocycles. The van der Waals surface area contributed by atoms with Gasteiger partial charge < -0.3 is 15.2 Å². The molecule has 0 spiro atoms. The normalized spacial score (nSPS) is 21.3. The van der Waals surface area contributed by atoms with Crippen LogP contribution in [0.3, 0.4) is 0 Å². The molecule has 166 valence electrons. The van der Waals surface area contributed by atoms with E-state index in [0.29, 0.717) is 13.0 Å². The molecule has 2 N–H and O–H groups in total. The predicted octanol–water partition coefficient (Wildman–Crippen LogP) is 2.51. The lowest BCUT2D eigenvalue weighted by Gasteiger charge is -2.39. The van der Waals surface area contributed by atoms with Gasteiger partial charge in [0, 0.05) is 19.0 Å². The first-order valence-corrected chi connectivity index (χ1v) is 10.4. The average molecular weight is 420 g/mol. The van der Waals surface area contributed by atoms with Crippen LogP contribution in [0, 0.1) is 5.92 Å². The number of ether oxygens (including phenoxy) is 2. The zero-order valence-electron chi connectivity index (χ0n) is 18.3. The molecule has 1 aromatic rings. The van der Waals surface area contributed by atoms with Crippen LogP contribution >= 0.6 is 0 Å². The van der Waals surface area contributed by atoms with Gasteiger partial charge >= 0.3 is 12.1 Å². The van der Waals surface area contributed by atoms with Crippen molar-refractivity contribution in [3.05, 3.63) is 35.9 Å². The van der Waals surface area contributed by atoms with Crippen LogP contribution in [0.25, 0.3) is 0 Å². The molecule has 2 unspecified atom stereocenters. The van der Waals surface area contributed by atoms with E-state index in [1.807, 2.05) is 35.3 Å². The van der Waals surface area contributed by atoms with Gasteiger partial charge in [0.05, 0.1) is 6.61 Å². The summed E-state index contributed by atoms with van der Waals surface area (Å²) in [4.78, 5) is 34.9. The lowest BCUT2D eigenvalue weighted by molar-refractivity contribution is -0.170. The Morgan fingerprint density at radius 2 is 1.77 bits per heavy atom. The molecule has 0 radical (unpaired) electrons. The molecule has 0 bridgehead atoms. The SMILES string of the molecule is CC(C)(C)OC(N)=O.CCOC(=O)C1CCN2CCC(Cc3ccccc3)C(=O)N12. The molecule has 2 aliphatic rings. The average Bonchev–Trinajstić information content (AvgIpc) is 3.09. The number of hydrazine groups is 1. The number of esters is 1. The van der Waals surface area contributed by atoms with Crippen LogP contribution in [0.5, 0.6) is 0 Å². The Labute approximate surface area is 178 Å². The van der Waals surface area contributed by atoms with Crippen LogP contribution in [-0.2, 0) is 25.5 Å². The van der Waals surface area contributed by atoms with Gasteiger partial charge in [0.2, 0.25) is 5.91 Å². The van der Waals surface area contributed by atoms with Gasteiger partial charge in [-0.2, -0.15) is 0 Å². The van der Waals surface area contributed by atoms with Gasteiger partial charge in [-0.3, -0.25) is 9.80 Å². The third-order valence-corrected chi connectivity index (χ3v) is 4.86. The first kappa shape index (κ1) is 23.7. The third kappa shape index (κ3) is 6.73. The summed E-state index contributed by atoms with van der Waals surface area (Å²) in [6, 6.07) is 9.62.